The molecular weight excluding hydrogens is 368 g/mol. The second-order valence-electron chi connectivity index (χ2n) is 8.04. The van der Waals surface area contributed by atoms with Gasteiger partial charge in [0.05, 0.1) is 17.7 Å². The molecule has 0 bridgehead atoms. The van der Waals surface area contributed by atoms with Gasteiger partial charge in [0, 0.05) is 29.9 Å². The number of imidazole rings is 1. The molecule has 1 saturated heterocycles. The Morgan fingerprint density at radius 2 is 1.93 bits per heavy atom. The lowest BCUT2D eigenvalue weighted by molar-refractivity contribution is 0.166. The molecule has 1 atom stereocenters. The van der Waals surface area contributed by atoms with Crippen molar-refractivity contribution in [2.75, 3.05) is 13.1 Å². The van der Waals surface area contributed by atoms with Crippen molar-refractivity contribution < 1.29 is 0 Å². The molecule has 0 spiro atoms. The predicted octanol–water partition coefficient (Wildman–Crippen LogP) is 4.60. The highest BCUT2D eigenvalue weighted by Gasteiger charge is 2.33. The van der Waals surface area contributed by atoms with Crippen molar-refractivity contribution in [2.24, 2.45) is 5.92 Å². The summed E-state index contributed by atoms with van der Waals surface area (Å²) < 4.78 is 0. The lowest BCUT2D eigenvalue weighted by Gasteiger charge is -2.36. The summed E-state index contributed by atoms with van der Waals surface area (Å²) in [5, 5.41) is 0.838. The molecule has 144 valence electrons. The maximum absolute atomic E-state index is 6.33. The van der Waals surface area contributed by atoms with Gasteiger partial charge in [-0.1, -0.05) is 23.7 Å². The van der Waals surface area contributed by atoms with Gasteiger partial charge in [0.15, 0.2) is 0 Å². The topological polar surface area (TPSA) is 44.8 Å². The van der Waals surface area contributed by atoms with Crippen LogP contribution in [0.5, 0.6) is 0 Å². The third-order valence-corrected chi connectivity index (χ3v) is 6.60. The first kappa shape index (κ1) is 17.9. The number of rotatable bonds is 3. The largest absolute Gasteiger partial charge is 0.351 e. The molecule has 1 aliphatic carbocycles. The number of halogens is 1. The average Bonchev–Trinajstić information content (AvgIpc) is 3.17. The van der Waals surface area contributed by atoms with Crippen LogP contribution in [0.15, 0.2) is 49.1 Å². The van der Waals surface area contributed by atoms with E-state index in [4.69, 9.17) is 16.6 Å². The van der Waals surface area contributed by atoms with Gasteiger partial charge in [0.2, 0.25) is 0 Å². The minimum absolute atomic E-state index is 0.374. The Balaban J connectivity index is 1.43. The van der Waals surface area contributed by atoms with Gasteiger partial charge in [0.1, 0.15) is 0 Å². The molecular formula is C23H25ClN4. The minimum Gasteiger partial charge on any atom is -0.351 e. The molecule has 2 aromatic heterocycles. The Morgan fingerprint density at radius 3 is 2.75 bits per heavy atom. The number of benzene rings is 1. The van der Waals surface area contributed by atoms with Crippen LogP contribution in [-0.2, 0) is 19.4 Å². The van der Waals surface area contributed by atoms with Gasteiger partial charge in [-0.2, -0.15) is 0 Å². The molecule has 5 rings (SSSR count). The number of nitrogens with zero attached hydrogens (tertiary/aromatic N) is 3. The number of hydrogen-bond acceptors (Lipinski definition) is 3. The fourth-order valence-electron chi connectivity index (χ4n) is 4.98. The summed E-state index contributed by atoms with van der Waals surface area (Å²) in [6.45, 7) is 3.15. The standard InChI is InChI=1S/C23H25ClN4/c24-19-5-6-21-18(12-19)4-3-17-2-1-9-26-23(17)22(21)16-7-10-28(11-8-16)14-20-13-25-15-27-20/h1-2,5-6,9,12-13,15-16,22H,3-4,7-8,10-11,14H2,(H,25,27). The number of hydrogen-bond donors (Lipinski definition) is 1. The van der Waals surface area contributed by atoms with Gasteiger partial charge < -0.3 is 4.98 Å². The summed E-state index contributed by atoms with van der Waals surface area (Å²) in [4.78, 5) is 14.8. The molecule has 1 unspecified atom stereocenters. The number of likely N-dealkylation sites (tertiary alicyclic amines) is 1. The number of nitrogens with one attached hydrogen (secondary N) is 1. The highest BCUT2D eigenvalue weighted by atomic mass is 35.5. The highest BCUT2D eigenvalue weighted by molar-refractivity contribution is 6.30. The van der Waals surface area contributed by atoms with Crippen LogP contribution in [-0.4, -0.2) is 32.9 Å². The summed E-state index contributed by atoms with van der Waals surface area (Å²) in [7, 11) is 0. The van der Waals surface area contributed by atoms with E-state index in [9.17, 15) is 0 Å². The molecule has 2 aliphatic rings. The fourth-order valence-corrected chi connectivity index (χ4v) is 5.18. The summed E-state index contributed by atoms with van der Waals surface area (Å²) in [5.41, 5.74) is 6.65. The number of aromatic nitrogens is 3. The number of H-pyrrole nitrogens is 1. The average molecular weight is 393 g/mol. The third-order valence-electron chi connectivity index (χ3n) is 6.37. The third kappa shape index (κ3) is 3.47. The fraction of sp³-hybridized carbons (Fsp3) is 0.391. The van der Waals surface area contributed by atoms with Gasteiger partial charge in [-0.15, -0.1) is 0 Å². The zero-order chi connectivity index (χ0) is 18.9. The Labute approximate surface area is 171 Å². The molecule has 3 heterocycles. The lowest BCUT2D eigenvalue weighted by Crippen LogP contribution is -2.35. The summed E-state index contributed by atoms with van der Waals surface area (Å²) in [5.74, 6) is 0.987. The molecule has 28 heavy (non-hydrogen) atoms. The summed E-state index contributed by atoms with van der Waals surface area (Å²) >= 11 is 6.33. The van der Waals surface area contributed by atoms with Crippen molar-refractivity contribution in [3.05, 3.63) is 82.2 Å². The molecule has 0 saturated carbocycles. The maximum atomic E-state index is 6.33. The van der Waals surface area contributed by atoms with E-state index in [0.717, 1.165) is 43.2 Å². The summed E-state index contributed by atoms with van der Waals surface area (Å²) in [6.07, 6.45) is 10.2. The van der Waals surface area contributed by atoms with E-state index >= 15 is 0 Å². The van der Waals surface area contributed by atoms with Crippen LogP contribution in [0.1, 0.15) is 46.8 Å². The van der Waals surface area contributed by atoms with E-state index in [1.807, 2.05) is 18.5 Å². The van der Waals surface area contributed by atoms with E-state index in [1.54, 1.807) is 6.33 Å². The zero-order valence-corrected chi connectivity index (χ0v) is 16.7. The van der Waals surface area contributed by atoms with Crippen LogP contribution in [0.2, 0.25) is 5.02 Å². The normalized spacial score (nSPS) is 20.4. The van der Waals surface area contributed by atoms with Crippen LogP contribution in [0.3, 0.4) is 0 Å². The Kier molecular flexibility index (Phi) is 4.91. The van der Waals surface area contributed by atoms with E-state index in [0.29, 0.717) is 11.8 Å². The van der Waals surface area contributed by atoms with Crippen LogP contribution in [0.4, 0.5) is 0 Å². The first-order valence-corrected chi connectivity index (χ1v) is 10.6. The lowest BCUT2D eigenvalue weighted by atomic mass is 9.76. The van der Waals surface area contributed by atoms with Crippen molar-refractivity contribution in [2.45, 2.75) is 38.1 Å². The molecule has 5 heteroatoms. The maximum Gasteiger partial charge on any atom is 0.0923 e. The number of fused-ring (bicyclic) bond motifs is 2. The van der Waals surface area contributed by atoms with Crippen molar-refractivity contribution in [1.82, 2.24) is 19.9 Å². The van der Waals surface area contributed by atoms with E-state index < -0.39 is 0 Å². The summed E-state index contributed by atoms with van der Waals surface area (Å²) in [6, 6.07) is 10.8. The van der Waals surface area contributed by atoms with Gasteiger partial charge in [-0.25, -0.2) is 4.98 Å². The second-order valence-corrected chi connectivity index (χ2v) is 8.48. The first-order valence-electron chi connectivity index (χ1n) is 10.2. The monoisotopic (exact) mass is 392 g/mol. The van der Waals surface area contributed by atoms with Gasteiger partial charge in [0.25, 0.3) is 0 Å². The second kappa shape index (κ2) is 7.69. The van der Waals surface area contributed by atoms with E-state index in [-0.39, 0.29) is 0 Å². The highest BCUT2D eigenvalue weighted by Crippen LogP contribution is 2.42. The predicted molar refractivity (Wildman–Crippen MR) is 112 cm³/mol. The van der Waals surface area contributed by atoms with E-state index in [1.165, 1.54) is 35.2 Å². The van der Waals surface area contributed by atoms with Crippen molar-refractivity contribution in [3.63, 3.8) is 0 Å². The SMILES string of the molecule is Clc1ccc2c(c1)CCc1cccnc1C2C1CCN(Cc2c[nH]cn2)CC1. The molecule has 1 N–H and O–H groups in total. The number of aromatic amines is 1. The molecule has 0 radical (unpaired) electrons. The Hall–Kier alpha value is -2.17. The van der Waals surface area contributed by atoms with Crippen molar-refractivity contribution in [3.8, 4) is 0 Å². The number of aryl methyl sites for hydroxylation is 2. The van der Waals surface area contributed by atoms with Crippen LogP contribution in [0, 0.1) is 5.92 Å². The molecule has 4 nitrogen and oxygen atoms in total. The number of pyridine rings is 1. The van der Waals surface area contributed by atoms with Crippen molar-refractivity contribution >= 4 is 11.6 Å². The molecule has 0 amide bonds. The zero-order valence-electron chi connectivity index (χ0n) is 15.9. The van der Waals surface area contributed by atoms with Crippen LogP contribution < -0.4 is 0 Å². The van der Waals surface area contributed by atoms with E-state index in [2.05, 4.69) is 39.1 Å². The minimum atomic E-state index is 0.374. The van der Waals surface area contributed by atoms with Gasteiger partial charge >= 0.3 is 0 Å². The molecule has 1 aliphatic heterocycles. The number of piperidine rings is 1. The molecule has 1 fully saturated rings. The van der Waals surface area contributed by atoms with Gasteiger partial charge in [-0.3, -0.25) is 9.88 Å². The van der Waals surface area contributed by atoms with Crippen molar-refractivity contribution in [1.29, 1.82) is 0 Å². The Morgan fingerprint density at radius 1 is 1.07 bits per heavy atom. The quantitative estimate of drug-likeness (QED) is 0.708. The molecule has 1 aromatic carbocycles. The van der Waals surface area contributed by atoms with Crippen LogP contribution >= 0.6 is 11.6 Å². The first-order chi connectivity index (χ1) is 13.8. The van der Waals surface area contributed by atoms with Gasteiger partial charge in [-0.05, 0) is 79.6 Å². The van der Waals surface area contributed by atoms with Crippen LogP contribution in [0.25, 0.3) is 0 Å². The molecule has 3 aromatic rings. The smallest absolute Gasteiger partial charge is 0.0923 e. The Bertz CT molecular complexity index is 945.